The number of aliphatic carboxylic acids is 1. The molecule has 92 valence electrons. The van der Waals surface area contributed by atoms with Crippen LogP contribution in [0.4, 0.5) is 0 Å². The van der Waals surface area contributed by atoms with Gasteiger partial charge in [0, 0.05) is 6.04 Å². The van der Waals surface area contributed by atoms with Crippen LogP contribution in [0.5, 0.6) is 0 Å². The Labute approximate surface area is 95.6 Å². The first-order valence-electron chi connectivity index (χ1n) is 5.58. The molecule has 1 saturated carbocycles. The summed E-state index contributed by atoms with van der Waals surface area (Å²) >= 11 is 0. The topological polar surface area (TPSA) is 83.6 Å². The Kier molecular flexibility index (Phi) is 3.57. The Hall–Kier alpha value is -1.10. The molecule has 1 atom stereocenters. The summed E-state index contributed by atoms with van der Waals surface area (Å²) in [6, 6.07) is -0.148. The molecule has 3 N–H and O–H groups in total. The summed E-state index contributed by atoms with van der Waals surface area (Å²) in [5.74, 6) is -1.06. The number of carboxylic acids is 1. The molecule has 1 aliphatic carbocycles. The summed E-state index contributed by atoms with van der Waals surface area (Å²) in [7, 11) is 0. The predicted molar refractivity (Wildman–Crippen MR) is 59.8 cm³/mol. The van der Waals surface area contributed by atoms with Crippen molar-refractivity contribution in [2.24, 2.45) is 11.7 Å². The molecule has 5 heteroatoms. The summed E-state index contributed by atoms with van der Waals surface area (Å²) in [6.45, 7) is 5.01. The van der Waals surface area contributed by atoms with Crippen molar-refractivity contribution < 1.29 is 14.7 Å². The summed E-state index contributed by atoms with van der Waals surface area (Å²) in [6.07, 6.45) is 1.91. The van der Waals surface area contributed by atoms with Gasteiger partial charge in [-0.2, -0.15) is 0 Å². The van der Waals surface area contributed by atoms with Crippen LogP contribution in [0, 0.1) is 5.92 Å². The third kappa shape index (κ3) is 2.72. The van der Waals surface area contributed by atoms with Crippen LogP contribution in [-0.4, -0.2) is 40.0 Å². The Balaban J connectivity index is 2.77. The van der Waals surface area contributed by atoms with Gasteiger partial charge in [-0.1, -0.05) is 0 Å². The number of carboxylic acid groups (broad SMARTS) is 1. The maximum Gasteiger partial charge on any atom is 0.323 e. The van der Waals surface area contributed by atoms with E-state index in [0.29, 0.717) is 0 Å². The second kappa shape index (κ2) is 4.41. The molecular formula is C11H20N2O3. The minimum absolute atomic E-state index is 0.148. The lowest BCUT2D eigenvalue weighted by atomic mass is 9.94. The van der Waals surface area contributed by atoms with Gasteiger partial charge in [0.15, 0.2) is 0 Å². The van der Waals surface area contributed by atoms with E-state index in [9.17, 15) is 9.59 Å². The Bertz CT molecular complexity index is 296. The molecule has 0 heterocycles. The maximum atomic E-state index is 12.2. The fourth-order valence-electron chi connectivity index (χ4n) is 1.80. The van der Waals surface area contributed by atoms with Gasteiger partial charge < -0.3 is 15.7 Å². The van der Waals surface area contributed by atoms with Gasteiger partial charge in [-0.3, -0.25) is 9.59 Å². The fraction of sp³-hybridized carbons (Fsp3) is 0.818. The van der Waals surface area contributed by atoms with Crippen LogP contribution in [0.25, 0.3) is 0 Å². The van der Waals surface area contributed by atoms with Crippen molar-refractivity contribution in [3.63, 3.8) is 0 Å². The van der Waals surface area contributed by atoms with Crippen LogP contribution in [0.15, 0.2) is 0 Å². The number of nitrogens with two attached hydrogens (primary N) is 1. The second-order valence-corrected chi connectivity index (χ2v) is 4.98. The average molecular weight is 228 g/mol. The molecule has 5 nitrogen and oxygen atoms in total. The van der Waals surface area contributed by atoms with E-state index in [-0.39, 0.29) is 24.4 Å². The molecule has 1 unspecified atom stereocenters. The van der Waals surface area contributed by atoms with Crippen molar-refractivity contribution in [2.75, 3.05) is 6.54 Å². The van der Waals surface area contributed by atoms with Crippen LogP contribution in [0.2, 0.25) is 0 Å². The van der Waals surface area contributed by atoms with Gasteiger partial charge in [0.2, 0.25) is 5.91 Å². The van der Waals surface area contributed by atoms with E-state index in [2.05, 4.69) is 0 Å². The first-order valence-corrected chi connectivity index (χ1v) is 5.58. The molecule has 1 amide bonds. The van der Waals surface area contributed by atoms with E-state index < -0.39 is 11.5 Å². The van der Waals surface area contributed by atoms with Gasteiger partial charge in [-0.15, -0.1) is 0 Å². The molecule has 0 radical (unpaired) electrons. The molecule has 1 aliphatic rings. The second-order valence-electron chi connectivity index (χ2n) is 4.98. The van der Waals surface area contributed by atoms with Crippen LogP contribution in [-0.2, 0) is 9.59 Å². The van der Waals surface area contributed by atoms with E-state index in [0.717, 1.165) is 12.8 Å². The van der Waals surface area contributed by atoms with Crippen LogP contribution in [0.3, 0.4) is 0 Å². The van der Waals surface area contributed by atoms with E-state index in [1.54, 1.807) is 20.8 Å². The van der Waals surface area contributed by atoms with Crippen molar-refractivity contribution in [3.05, 3.63) is 0 Å². The predicted octanol–water partition coefficient (Wildman–Crippen LogP) is 0.435. The van der Waals surface area contributed by atoms with Gasteiger partial charge in [-0.05, 0) is 39.5 Å². The molecule has 16 heavy (non-hydrogen) atoms. The molecule has 1 fully saturated rings. The zero-order chi connectivity index (χ0) is 12.5. The van der Waals surface area contributed by atoms with E-state index in [1.165, 1.54) is 4.90 Å². The highest BCUT2D eigenvalue weighted by molar-refractivity contribution is 5.89. The van der Waals surface area contributed by atoms with Crippen molar-refractivity contribution in [1.29, 1.82) is 0 Å². The average Bonchev–Trinajstić information content (AvgIpc) is 2.95. The number of hydrogen-bond acceptors (Lipinski definition) is 3. The molecule has 1 rings (SSSR count). The summed E-state index contributed by atoms with van der Waals surface area (Å²) in [5.41, 5.74) is 5.08. The minimum Gasteiger partial charge on any atom is -0.480 e. The number of carbonyl (C=O) groups excluding carboxylic acids is 1. The van der Waals surface area contributed by atoms with Gasteiger partial charge >= 0.3 is 5.97 Å². The first-order chi connectivity index (χ1) is 7.26. The van der Waals surface area contributed by atoms with Crippen molar-refractivity contribution in [2.45, 2.75) is 45.2 Å². The highest BCUT2D eigenvalue weighted by Crippen LogP contribution is 2.39. The number of rotatable bonds is 5. The summed E-state index contributed by atoms with van der Waals surface area (Å²) in [5, 5.41) is 8.77. The lowest BCUT2D eigenvalue weighted by Gasteiger charge is -2.33. The quantitative estimate of drug-likeness (QED) is 0.715. The molecule has 0 aliphatic heterocycles. The Morgan fingerprint density at radius 1 is 1.50 bits per heavy atom. The Morgan fingerprint density at radius 2 is 2.00 bits per heavy atom. The zero-order valence-corrected chi connectivity index (χ0v) is 10.1. The molecule has 0 aromatic rings. The third-order valence-corrected chi connectivity index (χ3v) is 3.08. The van der Waals surface area contributed by atoms with Crippen molar-refractivity contribution in [1.82, 2.24) is 4.90 Å². The van der Waals surface area contributed by atoms with Crippen molar-refractivity contribution in [3.8, 4) is 0 Å². The van der Waals surface area contributed by atoms with Gasteiger partial charge in [0.05, 0.1) is 5.54 Å². The van der Waals surface area contributed by atoms with Gasteiger partial charge in [0.1, 0.15) is 6.54 Å². The normalized spacial score (nSPS) is 19.3. The molecule has 0 aromatic carbocycles. The number of carbonyl (C=O) groups is 2. The van der Waals surface area contributed by atoms with Crippen LogP contribution >= 0.6 is 0 Å². The Morgan fingerprint density at radius 3 is 2.31 bits per heavy atom. The molecule has 0 bridgehead atoms. The molecule has 0 spiro atoms. The summed E-state index contributed by atoms with van der Waals surface area (Å²) < 4.78 is 0. The monoisotopic (exact) mass is 228 g/mol. The highest BCUT2D eigenvalue weighted by Gasteiger charge is 2.46. The standard InChI is InChI=1S/C11H20N2O3/c1-7(2)13(6-9(14)15)10(16)11(3,12)8-4-5-8/h7-8H,4-6,12H2,1-3H3,(H,14,15). The number of amides is 1. The van der Waals surface area contributed by atoms with Crippen LogP contribution in [0.1, 0.15) is 33.6 Å². The van der Waals surface area contributed by atoms with Gasteiger partial charge in [-0.25, -0.2) is 0 Å². The molecule has 0 saturated heterocycles. The SMILES string of the molecule is CC(C)N(CC(=O)O)C(=O)C(C)(N)C1CC1. The largest absolute Gasteiger partial charge is 0.480 e. The lowest BCUT2D eigenvalue weighted by molar-refractivity contribution is -0.148. The van der Waals surface area contributed by atoms with E-state index >= 15 is 0 Å². The first kappa shape index (κ1) is 13.0. The third-order valence-electron chi connectivity index (χ3n) is 3.08. The number of hydrogen-bond donors (Lipinski definition) is 2. The van der Waals surface area contributed by atoms with Crippen molar-refractivity contribution >= 4 is 11.9 Å². The molecular weight excluding hydrogens is 208 g/mol. The smallest absolute Gasteiger partial charge is 0.323 e. The van der Waals surface area contributed by atoms with Crippen LogP contribution < -0.4 is 5.73 Å². The zero-order valence-electron chi connectivity index (χ0n) is 10.1. The maximum absolute atomic E-state index is 12.2. The minimum atomic E-state index is -1.01. The van der Waals surface area contributed by atoms with E-state index in [4.69, 9.17) is 10.8 Å². The molecule has 0 aromatic heterocycles. The van der Waals surface area contributed by atoms with Gasteiger partial charge in [0.25, 0.3) is 0 Å². The summed E-state index contributed by atoms with van der Waals surface area (Å²) in [4.78, 5) is 24.2. The lowest BCUT2D eigenvalue weighted by Crippen LogP contribution is -2.57. The highest BCUT2D eigenvalue weighted by atomic mass is 16.4. The number of nitrogens with zero attached hydrogens (tertiary/aromatic N) is 1. The van der Waals surface area contributed by atoms with E-state index in [1.807, 2.05) is 0 Å². The fourth-order valence-corrected chi connectivity index (χ4v) is 1.80.